The number of methoxy groups -OCH3 is 1. The van der Waals surface area contributed by atoms with Crippen LogP contribution in [0.25, 0.3) is 0 Å². The van der Waals surface area contributed by atoms with Gasteiger partial charge in [0.05, 0.1) is 40.7 Å². The molecule has 1 saturated heterocycles. The highest BCUT2D eigenvalue weighted by Crippen LogP contribution is 2.47. The summed E-state index contributed by atoms with van der Waals surface area (Å²) in [4.78, 5) is 31.1. The summed E-state index contributed by atoms with van der Waals surface area (Å²) in [6.07, 6.45) is 5.93. The number of carboxylic acids is 1. The molecule has 1 N–H and O–H groups in total. The van der Waals surface area contributed by atoms with Crippen molar-refractivity contribution in [1.29, 1.82) is 0 Å². The number of rotatable bonds is 14. The average Bonchev–Trinajstić information content (AvgIpc) is 3.75. The van der Waals surface area contributed by atoms with Crippen molar-refractivity contribution in [1.82, 2.24) is 14.7 Å². The van der Waals surface area contributed by atoms with E-state index in [9.17, 15) is 14.7 Å². The number of carbonyl (C=O) groups is 2. The van der Waals surface area contributed by atoms with Crippen LogP contribution in [0.1, 0.15) is 43.2 Å². The summed E-state index contributed by atoms with van der Waals surface area (Å²) >= 11 is 0. The van der Waals surface area contributed by atoms with Crippen LogP contribution in [0.2, 0.25) is 0 Å². The van der Waals surface area contributed by atoms with E-state index in [1.807, 2.05) is 46.1 Å². The molecule has 0 saturated carbocycles. The molecule has 5 rings (SSSR count). The van der Waals surface area contributed by atoms with E-state index in [-0.39, 0.29) is 19.2 Å². The first-order valence-electron chi connectivity index (χ1n) is 15.7. The number of hydrogen-bond donors (Lipinski definition) is 1. The summed E-state index contributed by atoms with van der Waals surface area (Å²) in [7, 11) is 8.00. The maximum absolute atomic E-state index is 14.2. The largest absolute Gasteiger partial charge is 0.493 e. The smallest absolute Gasteiger partial charge is 0.308 e. The third-order valence-corrected chi connectivity index (χ3v) is 8.61. The number of fused-ring (bicyclic) bond motifs is 1. The van der Waals surface area contributed by atoms with Gasteiger partial charge >= 0.3 is 5.97 Å². The number of amides is 1. The van der Waals surface area contributed by atoms with Crippen molar-refractivity contribution < 1.29 is 33.4 Å². The Kier molecular flexibility index (Phi) is 9.99. The Hall–Kier alpha value is -4.09. The van der Waals surface area contributed by atoms with Gasteiger partial charge in [-0.2, -0.15) is 5.10 Å². The fraction of sp³-hybridized carbons (Fsp3) is 0.500. The first-order valence-corrected chi connectivity index (χ1v) is 15.7. The molecular weight excluding hydrogens is 574 g/mol. The minimum absolute atomic E-state index is 0.0389. The van der Waals surface area contributed by atoms with E-state index in [4.69, 9.17) is 14.2 Å². The number of aromatic nitrogens is 2. The molecule has 2 aromatic carbocycles. The van der Waals surface area contributed by atoms with Crippen molar-refractivity contribution in [3.63, 3.8) is 0 Å². The lowest BCUT2D eigenvalue weighted by molar-refractivity contribution is -0.884. The number of likely N-dealkylation sites (tertiary alicyclic amines) is 1. The van der Waals surface area contributed by atoms with E-state index in [2.05, 4.69) is 50.2 Å². The molecule has 3 atom stereocenters. The van der Waals surface area contributed by atoms with Crippen LogP contribution in [0.5, 0.6) is 17.2 Å². The van der Waals surface area contributed by atoms with Crippen molar-refractivity contribution in [2.24, 2.45) is 5.92 Å². The Morgan fingerprint density at radius 2 is 1.98 bits per heavy atom. The second-order valence-electron chi connectivity index (χ2n) is 13.0. The topological polar surface area (TPSA) is 106 Å². The van der Waals surface area contributed by atoms with Gasteiger partial charge in [0.2, 0.25) is 18.4 Å². The highest BCUT2D eigenvalue weighted by atomic mass is 16.7. The number of unbranched alkanes of at least 4 members (excludes halogenated alkanes) is 1. The zero-order valence-corrected chi connectivity index (χ0v) is 27.0. The summed E-state index contributed by atoms with van der Waals surface area (Å²) in [6, 6.07) is 13.4. The predicted molar refractivity (Wildman–Crippen MR) is 171 cm³/mol. The van der Waals surface area contributed by atoms with Crippen molar-refractivity contribution in [3.05, 3.63) is 66.0 Å². The van der Waals surface area contributed by atoms with E-state index in [1.54, 1.807) is 13.3 Å². The molecule has 0 aliphatic carbocycles. The molecule has 242 valence electrons. The molecule has 0 spiro atoms. The first kappa shape index (κ1) is 32.3. The number of carboxylic acid groups (broad SMARTS) is 1. The SMILES string of the molecule is CCCCN(C(=O)CN1CC(c2cc(OC)c3c(c2)OCO3)C(C(=O)O)C1CCn1cccn1)c1cccc(C[N+](C)(C)C)c1. The van der Waals surface area contributed by atoms with Gasteiger partial charge in [-0.05, 0) is 48.7 Å². The molecule has 1 aromatic heterocycles. The van der Waals surface area contributed by atoms with E-state index >= 15 is 0 Å². The lowest BCUT2D eigenvalue weighted by atomic mass is 9.84. The fourth-order valence-electron chi connectivity index (χ4n) is 6.60. The molecule has 11 heteroatoms. The normalized spacial score (nSPS) is 19.5. The number of carbonyl (C=O) groups excluding carboxylic acids is 1. The van der Waals surface area contributed by atoms with E-state index < -0.39 is 23.8 Å². The van der Waals surface area contributed by atoms with Crippen LogP contribution in [0.15, 0.2) is 54.9 Å². The summed E-state index contributed by atoms with van der Waals surface area (Å²) in [5, 5.41) is 15.0. The van der Waals surface area contributed by atoms with Crippen molar-refractivity contribution in [2.45, 2.75) is 51.2 Å². The molecule has 2 aliphatic rings. The van der Waals surface area contributed by atoms with Gasteiger partial charge in [0.25, 0.3) is 0 Å². The van der Waals surface area contributed by atoms with Crippen LogP contribution in [0.3, 0.4) is 0 Å². The third-order valence-electron chi connectivity index (χ3n) is 8.61. The molecule has 45 heavy (non-hydrogen) atoms. The van der Waals surface area contributed by atoms with Crippen LogP contribution in [-0.4, -0.2) is 96.9 Å². The maximum Gasteiger partial charge on any atom is 0.308 e. The third kappa shape index (κ3) is 7.59. The zero-order valence-electron chi connectivity index (χ0n) is 27.0. The Morgan fingerprint density at radius 3 is 2.67 bits per heavy atom. The fourth-order valence-corrected chi connectivity index (χ4v) is 6.60. The molecule has 0 bridgehead atoms. The van der Waals surface area contributed by atoms with Crippen molar-refractivity contribution in [2.75, 3.05) is 59.6 Å². The van der Waals surface area contributed by atoms with Gasteiger partial charge in [-0.1, -0.05) is 25.5 Å². The molecule has 11 nitrogen and oxygen atoms in total. The highest BCUT2D eigenvalue weighted by Gasteiger charge is 2.47. The number of ether oxygens (including phenoxy) is 3. The van der Waals surface area contributed by atoms with Crippen LogP contribution < -0.4 is 19.1 Å². The van der Waals surface area contributed by atoms with Gasteiger partial charge < -0.3 is 28.7 Å². The number of quaternary nitrogens is 1. The van der Waals surface area contributed by atoms with Gasteiger partial charge in [-0.25, -0.2) is 0 Å². The molecular formula is C34H46N5O6+. The molecule has 3 heterocycles. The Labute approximate surface area is 265 Å². The minimum atomic E-state index is -0.895. The van der Waals surface area contributed by atoms with Crippen molar-refractivity contribution in [3.8, 4) is 17.2 Å². The van der Waals surface area contributed by atoms with Gasteiger partial charge in [-0.3, -0.25) is 19.2 Å². The summed E-state index contributed by atoms with van der Waals surface area (Å²) in [6.45, 7) is 4.68. The van der Waals surface area contributed by atoms with Crippen molar-refractivity contribution >= 4 is 17.6 Å². The van der Waals surface area contributed by atoms with Crippen LogP contribution in [0.4, 0.5) is 5.69 Å². The molecule has 1 amide bonds. The second-order valence-corrected chi connectivity index (χ2v) is 13.0. The lowest BCUT2D eigenvalue weighted by Gasteiger charge is -2.30. The second kappa shape index (κ2) is 13.9. The number of aliphatic carboxylic acids is 1. The molecule has 0 radical (unpaired) electrons. The van der Waals surface area contributed by atoms with Gasteiger partial charge in [-0.15, -0.1) is 0 Å². The van der Waals surface area contributed by atoms with E-state index in [0.717, 1.165) is 40.7 Å². The standard InChI is InChI=1S/C34H45N5O6/c1-6-7-15-38(26-11-8-10-24(17-26)22-39(2,3)4)31(40)21-36-20-27(25-18-29(43-5)33-30(19-25)44-23-45-33)32(34(41)42)28(36)12-16-37-14-9-13-35-37/h8-11,13-14,17-19,27-28,32H,6-7,12,15-16,20-23H2,1-5H3/p+1. The van der Waals surface area contributed by atoms with Crippen LogP contribution in [-0.2, 0) is 22.7 Å². The zero-order chi connectivity index (χ0) is 32.1. The lowest BCUT2D eigenvalue weighted by Crippen LogP contribution is -2.45. The predicted octanol–water partition coefficient (Wildman–Crippen LogP) is 4.22. The summed E-state index contributed by atoms with van der Waals surface area (Å²) in [5.74, 6) is -0.515. The van der Waals surface area contributed by atoms with Crippen LogP contribution >= 0.6 is 0 Å². The summed E-state index contributed by atoms with van der Waals surface area (Å²) in [5.41, 5.74) is 2.83. The Bertz CT molecular complexity index is 1470. The monoisotopic (exact) mass is 620 g/mol. The van der Waals surface area contributed by atoms with Gasteiger partial charge in [0.15, 0.2) is 11.5 Å². The quantitative estimate of drug-likeness (QED) is 0.267. The number of benzene rings is 2. The molecule has 3 unspecified atom stereocenters. The summed E-state index contributed by atoms with van der Waals surface area (Å²) < 4.78 is 19.4. The number of hydrogen-bond acceptors (Lipinski definition) is 7. The minimum Gasteiger partial charge on any atom is -0.493 e. The Morgan fingerprint density at radius 1 is 1.16 bits per heavy atom. The Balaban J connectivity index is 1.46. The number of nitrogens with zero attached hydrogens (tertiary/aromatic N) is 5. The van der Waals surface area contributed by atoms with Gasteiger partial charge in [0.1, 0.15) is 6.54 Å². The molecule has 2 aliphatic heterocycles. The first-order chi connectivity index (χ1) is 21.6. The molecule has 1 fully saturated rings. The van der Waals surface area contributed by atoms with E-state index in [1.165, 1.54) is 0 Å². The van der Waals surface area contributed by atoms with E-state index in [0.29, 0.717) is 43.3 Å². The highest BCUT2D eigenvalue weighted by molar-refractivity contribution is 5.95. The average molecular weight is 621 g/mol. The van der Waals surface area contributed by atoms with Crippen LogP contribution in [0, 0.1) is 5.92 Å². The van der Waals surface area contributed by atoms with Gasteiger partial charge in [0, 0.05) is 55.2 Å². The molecule has 3 aromatic rings. The number of aryl methyl sites for hydroxylation is 1. The number of anilines is 1. The maximum atomic E-state index is 14.2.